The van der Waals surface area contributed by atoms with Gasteiger partial charge in [-0.05, 0) is 114 Å². The van der Waals surface area contributed by atoms with Gasteiger partial charge < -0.3 is 10.2 Å². The highest BCUT2D eigenvalue weighted by atomic mass is 16.3. The summed E-state index contributed by atoms with van der Waals surface area (Å²) >= 11 is 0. The van der Waals surface area contributed by atoms with E-state index in [4.69, 9.17) is 0 Å². The highest BCUT2D eigenvalue weighted by Gasteiger charge is 2.67. The Bertz CT molecular complexity index is 814. The van der Waals surface area contributed by atoms with Gasteiger partial charge in [0.15, 0.2) is 0 Å². The number of aliphatic hydroxyl groups excluding tert-OH is 2. The van der Waals surface area contributed by atoms with Crippen LogP contribution in [0, 0.1) is 50.2 Å². The van der Waals surface area contributed by atoms with Crippen molar-refractivity contribution in [3.8, 4) is 0 Å². The second kappa shape index (κ2) is 6.87. The van der Waals surface area contributed by atoms with Crippen LogP contribution in [0.5, 0.6) is 0 Å². The normalized spacial score (nSPS) is 56.8. The minimum absolute atomic E-state index is 0.0245. The van der Waals surface area contributed by atoms with Crippen molar-refractivity contribution in [2.24, 2.45) is 50.2 Å². The largest absolute Gasteiger partial charge is 0.396 e. The van der Waals surface area contributed by atoms with Crippen LogP contribution in [0.15, 0.2) is 11.6 Å². The first-order valence-electron chi connectivity index (χ1n) is 13.8. The summed E-state index contributed by atoms with van der Waals surface area (Å²) in [6.07, 6.45) is 14.8. The third-order valence-electron chi connectivity index (χ3n) is 13.3. The average molecular weight is 443 g/mol. The van der Waals surface area contributed by atoms with Crippen LogP contribution in [0.25, 0.3) is 0 Å². The van der Waals surface area contributed by atoms with Gasteiger partial charge in [-0.2, -0.15) is 0 Å². The molecule has 4 saturated carbocycles. The standard InChI is InChI=1S/C30H50O2/c1-25(2)22-10-13-30(7)23(28(22,5)12-11-24(25)32)9-8-20-21-18-26(3,19-31)14-15-27(21,4)16-17-29(20,30)6/h8,21-24,31-32H,9-19H2,1-7H3/t21?,22?,23?,24-,26-,27+,28-,29+,30?/m0/s1. The molecule has 0 aromatic heterocycles. The van der Waals surface area contributed by atoms with Gasteiger partial charge in [-0.15, -0.1) is 0 Å². The zero-order chi connectivity index (χ0) is 23.4. The van der Waals surface area contributed by atoms with Crippen LogP contribution in [0.2, 0.25) is 0 Å². The lowest BCUT2D eigenvalue weighted by atomic mass is 9.33. The van der Waals surface area contributed by atoms with Gasteiger partial charge in [0.25, 0.3) is 0 Å². The highest BCUT2D eigenvalue weighted by molar-refractivity contribution is 5.33. The lowest BCUT2D eigenvalue weighted by molar-refractivity contribution is -0.203. The summed E-state index contributed by atoms with van der Waals surface area (Å²) in [7, 11) is 0. The van der Waals surface area contributed by atoms with Crippen molar-refractivity contribution >= 4 is 0 Å². The summed E-state index contributed by atoms with van der Waals surface area (Å²) < 4.78 is 0. The number of aliphatic hydroxyl groups is 2. The smallest absolute Gasteiger partial charge is 0.0594 e. The molecule has 5 aliphatic carbocycles. The molecule has 4 fully saturated rings. The molecule has 2 N–H and O–H groups in total. The van der Waals surface area contributed by atoms with Crippen molar-refractivity contribution < 1.29 is 10.2 Å². The number of hydrogen-bond donors (Lipinski definition) is 2. The van der Waals surface area contributed by atoms with E-state index in [1.165, 1.54) is 57.8 Å². The summed E-state index contributed by atoms with van der Waals surface area (Å²) in [5.41, 5.74) is 3.26. The molecule has 5 aliphatic rings. The quantitative estimate of drug-likeness (QED) is 0.424. The molecule has 4 unspecified atom stereocenters. The molecule has 182 valence electrons. The van der Waals surface area contributed by atoms with E-state index in [1.807, 2.05) is 0 Å². The predicted molar refractivity (Wildman–Crippen MR) is 132 cm³/mol. The minimum atomic E-state index is -0.149. The van der Waals surface area contributed by atoms with Crippen molar-refractivity contribution in [2.45, 2.75) is 119 Å². The molecule has 2 nitrogen and oxygen atoms in total. The Morgan fingerprint density at radius 2 is 1.53 bits per heavy atom. The first kappa shape index (κ1) is 23.4. The summed E-state index contributed by atoms with van der Waals surface area (Å²) in [5.74, 6) is 1.98. The van der Waals surface area contributed by atoms with Crippen LogP contribution in [-0.2, 0) is 0 Å². The maximum absolute atomic E-state index is 10.9. The zero-order valence-electron chi connectivity index (χ0n) is 22.1. The van der Waals surface area contributed by atoms with Crippen LogP contribution < -0.4 is 0 Å². The van der Waals surface area contributed by atoms with Crippen LogP contribution in [0.3, 0.4) is 0 Å². The van der Waals surface area contributed by atoms with Crippen LogP contribution in [0.1, 0.15) is 113 Å². The fourth-order valence-corrected chi connectivity index (χ4v) is 10.6. The minimum Gasteiger partial charge on any atom is -0.396 e. The van der Waals surface area contributed by atoms with Crippen LogP contribution in [-0.4, -0.2) is 22.9 Å². The molecule has 0 spiro atoms. The summed E-state index contributed by atoms with van der Waals surface area (Å²) in [6, 6.07) is 0. The van der Waals surface area contributed by atoms with E-state index in [1.54, 1.807) is 5.57 Å². The molecule has 0 aromatic carbocycles. The van der Waals surface area contributed by atoms with Gasteiger partial charge >= 0.3 is 0 Å². The van der Waals surface area contributed by atoms with Gasteiger partial charge in [0.05, 0.1) is 6.10 Å². The SMILES string of the molecule is CC1(C)C2CCC3(C)C(CC=C4C5C[C@@](C)(CO)CC[C@]5(C)CC[C@]43C)[C@@]2(C)CC[C@@H]1O. The first-order valence-corrected chi connectivity index (χ1v) is 13.8. The molecule has 0 heterocycles. The summed E-state index contributed by atoms with van der Waals surface area (Å²) in [6.45, 7) is 17.8. The van der Waals surface area contributed by atoms with Crippen molar-refractivity contribution in [1.29, 1.82) is 0 Å². The first-order chi connectivity index (χ1) is 14.8. The van der Waals surface area contributed by atoms with E-state index in [0.717, 1.165) is 6.42 Å². The van der Waals surface area contributed by atoms with Crippen molar-refractivity contribution in [3.63, 3.8) is 0 Å². The zero-order valence-corrected chi connectivity index (χ0v) is 22.1. The maximum atomic E-state index is 10.9. The average Bonchev–Trinajstić information content (AvgIpc) is 2.73. The molecule has 0 bridgehead atoms. The molecule has 9 atom stereocenters. The van der Waals surface area contributed by atoms with Crippen molar-refractivity contribution in [2.75, 3.05) is 6.61 Å². The van der Waals surface area contributed by atoms with Crippen LogP contribution >= 0.6 is 0 Å². The molecule has 0 aromatic rings. The third-order valence-corrected chi connectivity index (χ3v) is 13.3. The Morgan fingerprint density at radius 3 is 2.22 bits per heavy atom. The van der Waals surface area contributed by atoms with E-state index in [9.17, 15) is 10.2 Å². The van der Waals surface area contributed by atoms with Gasteiger partial charge in [-0.25, -0.2) is 0 Å². The Kier molecular flexibility index (Phi) is 5.02. The molecular formula is C30H50O2. The lowest BCUT2D eigenvalue weighted by Crippen LogP contribution is -2.64. The van der Waals surface area contributed by atoms with Gasteiger partial charge in [0.1, 0.15) is 0 Å². The van der Waals surface area contributed by atoms with E-state index < -0.39 is 0 Å². The molecule has 0 saturated heterocycles. The van der Waals surface area contributed by atoms with Gasteiger partial charge in [-0.1, -0.05) is 60.1 Å². The molecular weight excluding hydrogens is 392 g/mol. The molecule has 32 heavy (non-hydrogen) atoms. The molecule has 0 aliphatic heterocycles. The summed E-state index contributed by atoms with van der Waals surface area (Å²) in [5, 5.41) is 21.1. The van der Waals surface area contributed by atoms with Crippen molar-refractivity contribution in [3.05, 3.63) is 11.6 Å². The lowest BCUT2D eigenvalue weighted by Gasteiger charge is -2.71. The Morgan fingerprint density at radius 1 is 0.844 bits per heavy atom. The van der Waals surface area contributed by atoms with Gasteiger partial charge in [-0.3, -0.25) is 0 Å². The maximum Gasteiger partial charge on any atom is 0.0594 e. The molecule has 5 rings (SSSR count). The molecule has 0 amide bonds. The van der Waals surface area contributed by atoms with E-state index >= 15 is 0 Å². The second-order valence-electron chi connectivity index (χ2n) is 15.0. The third kappa shape index (κ3) is 2.78. The monoisotopic (exact) mass is 442 g/mol. The number of rotatable bonds is 1. The van der Waals surface area contributed by atoms with Gasteiger partial charge in [0, 0.05) is 6.61 Å². The number of fused-ring (bicyclic) bond motifs is 7. The Labute approximate surface area is 197 Å². The second-order valence-corrected chi connectivity index (χ2v) is 15.0. The van der Waals surface area contributed by atoms with Crippen molar-refractivity contribution in [1.82, 2.24) is 0 Å². The molecule has 2 heteroatoms. The van der Waals surface area contributed by atoms with E-state index in [2.05, 4.69) is 54.5 Å². The van der Waals surface area contributed by atoms with E-state index in [-0.39, 0.29) is 22.3 Å². The number of hydrogen-bond acceptors (Lipinski definition) is 2. The fourth-order valence-electron chi connectivity index (χ4n) is 10.6. The topological polar surface area (TPSA) is 40.5 Å². The highest BCUT2D eigenvalue weighted by Crippen LogP contribution is 2.75. The Hall–Kier alpha value is -0.340. The fraction of sp³-hybridized carbons (Fsp3) is 0.933. The summed E-state index contributed by atoms with van der Waals surface area (Å²) in [4.78, 5) is 0. The number of allylic oxidation sites excluding steroid dienone is 2. The van der Waals surface area contributed by atoms with Crippen LogP contribution in [0.4, 0.5) is 0 Å². The van der Waals surface area contributed by atoms with Gasteiger partial charge in [0.2, 0.25) is 0 Å². The predicted octanol–water partition coefficient (Wildman–Crippen LogP) is 7.14. The van der Waals surface area contributed by atoms with E-state index in [0.29, 0.717) is 40.6 Å². The Balaban J connectivity index is 1.56. The molecule has 0 radical (unpaired) electrons.